The van der Waals surface area contributed by atoms with E-state index in [4.69, 9.17) is 9.47 Å². The summed E-state index contributed by atoms with van der Waals surface area (Å²) in [6.45, 7) is 1.51. The van der Waals surface area contributed by atoms with Crippen molar-refractivity contribution in [1.82, 2.24) is 9.55 Å². The molecule has 0 bridgehead atoms. The molecule has 1 aliphatic carbocycles. The van der Waals surface area contributed by atoms with Crippen LogP contribution in [0.25, 0.3) is 0 Å². The molecule has 1 amide bonds. The quantitative estimate of drug-likeness (QED) is 0.660. The lowest BCUT2D eigenvalue weighted by Gasteiger charge is -2.18. The monoisotopic (exact) mass is 397 g/mol. The van der Waals surface area contributed by atoms with E-state index in [9.17, 15) is 24.2 Å². The number of aliphatic hydroxyl groups excluding tert-OH is 2. The van der Waals surface area contributed by atoms with E-state index in [2.05, 4.69) is 10.3 Å². The number of hydrogen-bond donors (Lipinski definition) is 3. The van der Waals surface area contributed by atoms with Crippen LogP contribution in [-0.2, 0) is 9.47 Å². The number of nitrogens with one attached hydrogen (secondary N) is 1. The first-order chi connectivity index (χ1) is 13.4. The SMILES string of the molecule is C[C@H]1O[C@@H](n2cc(F)c(NC(=O)OC3/C=C/CCCCC3)nc2=O)[C@@H](O)C1O. The second-order valence-corrected chi connectivity index (χ2v) is 6.98. The number of aromatic nitrogens is 2. The van der Waals surface area contributed by atoms with Crippen LogP contribution >= 0.6 is 0 Å². The molecule has 3 N–H and O–H groups in total. The van der Waals surface area contributed by atoms with Gasteiger partial charge in [-0.05, 0) is 38.7 Å². The minimum Gasteiger partial charge on any atom is -0.442 e. The molecule has 1 aromatic heterocycles. The Hall–Kier alpha value is -2.30. The van der Waals surface area contributed by atoms with E-state index in [0.717, 1.165) is 36.4 Å². The standard InChI is InChI=1S/C18H24FN3O6/c1-10-13(23)14(24)16(27-10)22-9-12(19)15(20-17(22)25)21-18(26)28-11-7-5-3-2-4-6-8-11/h5,7,9-11,13-14,16,23-24H,2-4,6,8H2,1H3,(H,20,21,25,26)/b7-5+/t10-,11?,13?,14+,16-/m1/s1. The molecule has 28 heavy (non-hydrogen) atoms. The van der Waals surface area contributed by atoms with Gasteiger partial charge in [-0.1, -0.05) is 12.5 Å². The Balaban J connectivity index is 1.70. The van der Waals surface area contributed by atoms with Crippen molar-refractivity contribution in [3.05, 3.63) is 34.7 Å². The number of hydrogen-bond acceptors (Lipinski definition) is 7. The van der Waals surface area contributed by atoms with Gasteiger partial charge in [-0.15, -0.1) is 0 Å². The smallest absolute Gasteiger partial charge is 0.413 e. The fourth-order valence-corrected chi connectivity index (χ4v) is 3.26. The van der Waals surface area contributed by atoms with E-state index >= 15 is 0 Å². The van der Waals surface area contributed by atoms with Crippen LogP contribution in [0, 0.1) is 5.82 Å². The Morgan fingerprint density at radius 2 is 2.14 bits per heavy atom. The predicted molar refractivity (Wildman–Crippen MR) is 96.2 cm³/mol. The first-order valence-corrected chi connectivity index (χ1v) is 9.31. The second kappa shape index (κ2) is 8.80. The Morgan fingerprint density at radius 3 is 2.86 bits per heavy atom. The summed E-state index contributed by atoms with van der Waals surface area (Å²) in [5.41, 5.74) is -0.951. The third-order valence-corrected chi connectivity index (χ3v) is 4.85. The lowest BCUT2D eigenvalue weighted by atomic mass is 10.0. The summed E-state index contributed by atoms with van der Waals surface area (Å²) < 4.78 is 25.6. The Morgan fingerprint density at radius 1 is 1.36 bits per heavy atom. The molecule has 2 aliphatic rings. The third kappa shape index (κ3) is 4.57. The average Bonchev–Trinajstić information content (AvgIpc) is 2.87. The van der Waals surface area contributed by atoms with Crippen LogP contribution in [0.4, 0.5) is 15.0 Å². The topological polar surface area (TPSA) is 123 Å². The van der Waals surface area contributed by atoms with Crippen LogP contribution in [0.3, 0.4) is 0 Å². The highest BCUT2D eigenvalue weighted by Crippen LogP contribution is 2.28. The minimum atomic E-state index is -1.41. The number of allylic oxidation sites excluding steroid dienone is 1. The van der Waals surface area contributed by atoms with Crippen molar-refractivity contribution >= 4 is 11.9 Å². The Labute approximate surface area is 160 Å². The molecule has 5 atom stereocenters. The largest absolute Gasteiger partial charge is 0.442 e. The number of carbonyl (C=O) groups is 1. The summed E-state index contributed by atoms with van der Waals surface area (Å²) in [5, 5.41) is 21.8. The van der Waals surface area contributed by atoms with Gasteiger partial charge in [-0.2, -0.15) is 4.98 Å². The van der Waals surface area contributed by atoms with Crippen molar-refractivity contribution < 1.29 is 28.9 Å². The number of halogens is 1. The van der Waals surface area contributed by atoms with Crippen molar-refractivity contribution in [2.24, 2.45) is 0 Å². The zero-order valence-corrected chi connectivity index (χ0v) is 15.5. The zero-order valence-electron chi connectivity index (χ0n) is 15.5. The van der Waals surface area contributed by atoms with E-state index in [1.54, 1.807) is 6.08 Å². The number of carbonyl (C=O) groups excluding carboxylic acids is 1. The lowest BCUT2D eigenvalue weighted by molar-refractivity contribution is -0.0355. The molecule has 10 heteroatoms. The second-order valence-electron chi connectivity index (χ2n) is 6.98. The lowest BCUT2D eigenvalue weighted by Crippen LogP contribution is -2.36. The number of ether oxygens (including phenoxy) is 2. The van der Waals surface area contributed by atoms with E-state index in [0.29, 0.717) is 6.42 Å². The molecule has 1 saturated heterocycles. The molecule has 0 aromatic carbocycles. The zero-order chi connectivity index (χ0) is 20.3. The van der Waals surface area contributed by atoms with Gasteiger partial charge in [0.05, 0.1) is 12.3 Å². The first-order valence-electron chi connectivity index (χ1n) is 9.31. The fraction of sp³-hybridized carbons (Fsp3) is 0.611. The van der Waals surface area contributed by atoms with E-state index < -0.39 is 54.1 Å². The van der Waals surface area contributed by atoms with Crippen molar-refractivity contribution in [2.75, 3.05) is 5.32 Å². The highest BCUT2D eigenvalue weighted by Gasteiger charge is 2.42. The summed E-state index contributed by atoms with van der Waals surface area (Å²) in [6.07, 6.45) is 3.15. The number of rotatable bonds is 3. The van der Waals surface area contributed by atoms with Crippen molar-refractivity contribution in [3.8, 4) is 0 Å². The van der Waals surface area contributed by atoms with E-state index in [1.165, 1.54) is 6.92 Å². The van der Waals surface area contributed by atoms with Gasteiger partial charge < -0.3 is 19.7 Å². The van der Waals surface area contributed by atoms with Crippen LogP contribution in [0.2, 0.25) is 0 Å². The molecule has 2 unspecified atom stereocenters. The Bertz CT molecular complexity index is 798. The molecular weight excluding hydrogens is 373 g/mol. The van der Waals surface area contributed by atoms with Gasteiger partial charge in [0, 0.05) is 0 Å². The number of aliphatic hydroxyl groups is 2. The maximum absolute atomic E-state index is 14.4. The van der Waals surface area contributed by atoms with Crippen LogP contribution in [0.1, 0.15) is 45.3 Å². The van der Waals surface area contributed by atoms with Gasteiger partial charge in [-0.25, -0.2) is 14.0 Å². The van der Waals surface area contributed by atoms with Crippen LogP contribution in [-0.4, -0.2) is 50.3 Å². The van der Waals surface area contributed by atoms with Gasteiger partial charge in [0.15, 0.2) is 17.9 Å². The van der Waals surface area contributed by atoms with Gasteiger partial charge in [0.25, 0.3) is 0 Å². The summed E-state index contributed by atoms with van der Waals surface area (Å²) >= 11 is 0. The molecule has 0 saturated carbocycles. The van der Waals surface area contributed by atoms with Crippen molar-refractivity contribution in [2.45, 2.75) is 69.7 Å². The molecule has 9 nitrogen and oxygen atoms in total. The first kappa shape index (κ1) is 20.4. The molecule has 0 radical (unpaired) electrons. The maximum atomic E-state index is 14.4. The van der Waals surface area contributed by atoms with Gasteiger partial charge >= 0.3 is 11.8 Å². The molecular formula is C18H24FN3O6. The van der Waals surface area contributed by atoms with Crippen molar-refractivity contribution in [1.29, 1.82) is 0 Å². The molecule has 154 valence electrons. The average molecular weight is 397 g/mol. The molecule has 1 aromatic rings. The summed E-state index contributed by atoms with van der Waals surface area (Å²) in [7, 11) is 0. The van der Waals surface area contributed by atoms with Gasteiger partial charge in [-0.3, -0.25) is 9.88 Å². The fourth-order valence-electron chi connectivity index (χ4n) is 3.26. The molecule has 1 fully saturated rings. The minimum absolute atomic E-state index is 0.422. The molecule has 0 spiro atoms. The third-order valence-electron chi connectivity index (χ3n) is 4.85. The number of amides is 1. The van der Waals surface area contributed by atoms with Crippen LogP contribution < -0.4 is 11.0 Å². The summed E-state index contributed by atoms with van der Waals surface area (Å²) in [4.78, 5) is 27.7. The van der Waals surface area contributed by atoms with Crippen molar-refractivity contribution in [3.63, 3.8) is 0 Å². The molecule has 2 heterocycles. The predicted octanol–water partition coefficient (Wildman–Crippen LogP) is 1.46. The van der Waals surface area contributed by atoms with Gasteiger partial charge in [0.1, 0.15) is 18.3 Å². The summed E-state index contributed by atoms with van der Waals surface area (Å²) in [6, 6.07) is 0. The normalized spacial score (nSPS) is 31.6. The summed E-state index contributed by atoms with van der Waals surface area (Å²) in [5.74, 6) is -1.59. The Kier molecular flexibility index (Phi) is 6.42. The van der Waals surface area contributed by atoms with Gasteiger partial charge in [0.2, 0.25) is 0 Å². The number of nitrogens with zero attached hydrogens (tertiary/aromatic N) is 2. The highest BCUT2D eigenvalue weighted by atomic mass is 19.1. The van der Waals surface area contributed by atoms with Crippen LogP contribution in [0.15, 0.2) is 23.1 Å². The van der Waals surface area contributed by atoms with E-state index in [1.807, 2.05) is 6.08 Å². The van der Waals surface area contributed by atoms with E-state index in [-0.39, 0.29) is 0 Å². The highest BCUT2D eigenvalue weighted by molar-refractivity contribution is 5.83. The maximum Gasteiger partial charge on any atom is 0.413 e. The van der Waals surface area contributed by atoms with Crippen LogP contribution in [0.5, 0.6) is 0 Å². The molecule has 3 rings (SSSR count). The number of anilines is 1. The molecule has 1 aliphatic heterocycles.